The summed E-state index contributed by atoms with van der Waals surface area (Å²) in [6.07, 6.45) is 20.3. The van der Waals surface area contributed by atoms with Crippen molar-refractivity contribution in [1.82, 2.24) is 0 Å². The molecule has 2 aliphatic carbocycles. The van der Waals surface area contributed by atoms with Crippen LogP contribution in [0.3, 0.4) is 0 Å². The number of ether oxygens (including phenoxy) is 2. The van der Waals surface area contributed by atoms with Gasteiger partial charge in [-0.3, -0.25) is 0 Å². The molecule has 3 heteroatoms. The molecule has 4 atom stereocenters. The van der Waals surface area contributed by atoms with Crippen molar-refractivity contribution in [3.05, 3.63) is 0 Å². The van der Waals surface area contributed by atoms with Crippen LogP contribution in [-0.4, -0.2) is 34.9 Å². The summed E-state index contributed by atoms with van der Waals surface area (Å²) in [5.74, 6) is 1.61. The standard InChI is InChI=1S/C24H42O2S/c1-3-5-9-19(21-11-7-17-25-21)23(13-14-23)27-24(15-16-24)20(10-6-4-2)22-12-8-18-26-22/h19-22H,3-18H2,1-2H3. The number of hydrogen-bond donors (Lipinski definition) is 0. The molecule has 0 N–H and O–H groups in total. The zero-order valence-corrected chi connectivity index (χ0v) is 18.7. The first-order chi connectivity index (χ1) is 13.2. The van der Waals surface area contributed by atoms with Crippen LogP contribution in [0.1, 0.15) is 104 Å². The van der Waals surface area contributed by atoms with Gasteiger partial charge < -0.3 is 9.47 Å². The normalized spacial score (nSPS) is 33.1. The van der Waals surface area contributed by atoms with Crippen molar-refractivity contribution >= 4 is 11.8 Å². The summed E-state index contributed by atoms with van der Waals surface area (Å²) in [6, 6.07) is 0. The van der Waals surface area contributed by atoms with Gasteiger partial charge in [-0.15, -0.1) is 11.8 Å². The minimum atomic E-state index is 0.545. The molecule has 2 saturated carbocycles. The third-order valence-electron chi connectivity index (χ3n) is 7.81. The Kier molecular flexibility index (Phi) is 6.82. The third-order valence-corrected chi connectivity index (χ3v) is 10.0. The van der Waals surface area contributed by atoms with Crippen LogP contribution in [0.2, 0.25) is 0 Å². The van der Waals surface area contributed by atoms with Crippen molar-refractivity contribution in [2.45, 2.75) is 125 Å². The highest BCUT2D eigenvalue weighted by Gasteiger charge is 2.62. The summed E-state index contributed by atoms with van der Waals surface area (Å²) < 4.78 is 13.6. The van der Waals surface area contributed by atoms with Gasteiger partial charge in [0, 0.05) is 22.7 Å². The number of hydrogen-bond acceptors (Lipinski definition) is 3. The zero-order valence-electron chi connectivity index (χ0n) is 17.8. The quantitative estimate of drug-likeness (QED) is 0.364. The van der Waals surface area contributed by atoms with E-state index in [1.807, 2.05) is 0 Å². The van der Waals surface area contributed by atoms with E-state index in [4.69, 9.17) is 9.47 Å². The molecule has 156 valence electrons. The second kappa shape index (κ2) is 8.96. The molecule has 2 nitrogen and oxygen atoms in total. The molecule has 0 spiro atoms. The summed E-state index contributed by atoms with van der Waals surface area (Å²) in [4.78, 5) is 0. The van der Waals surface area contributed by atoms with E-state index in [-0.39, 0.29) is 0 Å². The maximum Gasteiger partial charge on any atom is 0.0617 e. The smallest absolute Gasteiger partial charge is 0.0617 e. The largest absolute Gasteiger partial charge is 0.378 e. The molecule has 0 amide bonds. The highest BCUT2D eigenvalue weighted by atomic mass is 32.2. The van der Waals surface area contributed by atoms with E-state index in [2.05, 4.69) is 25.6 Å². The first-order valence-electron chi connectivity index (χ1n) is 12.2. The molecule has 27 heavy (non-hydrogen) atoms. The van der Waals surface area contributed by atoms with Crippen LogP contribution in [0.4, 0.5) is 0 Å². The highest BCUT2D eigenvalue weighted by molar-refractivity contribution is 8.02. The Balaban J connectivity index is 1.47. The zero-order chi connectivity index (χ0) is 18.7. The molecule has 2 saturated heterocycles. The van der Waals surface area contributed by atoms with Gasteiger partial charge in [0.2, 0.25) is 0 Å². The van der Waals surface area contributed by atoms with Gasteiger partial charge in [0.15, 0.2) is 0 Å². The molecular formula is C24H42O2S. The van der Waals surface area contributed by atoms with Crippen LogP contribution < -0.4 is 0 Å². The fourth-order valence-corrected chi connectivity index (χ4v) is 8.28. The molecule has 0 radical (unpaired) electrons. The lowest BCUT2D eigenvalue weighted by Gasteiger charge is -2.38. The van der Waals surface area contributed by atoms with Crippen LogP contribution in [0, 0.1) is 11.8 Å². The SMILES string of the molecule is CCCCC(C1CCCO1)C1(SC2(C(CCCC)C3CCCO3)CC2)CC1. The first-order valence-corrected chi connectivity index (χ1v) is 13.0. The van der Waals surface area contributed by atoms with Crippen LogP contribution in [-0.2, 0) is 9.47 Å². The molecule has 2 aliphatic heterocycles. The number of thioether (sulfide) groups is 1. The van der Waals surface area contributed by atoms with Crippen molar-refractivity contribution in [3.63, 3.8) is 0 Å². The summed E-state index contributed by atoms with van der Waals surface area (Å²) in [5, 5.41) is 0. The molecular weight excluding hydrogens is 352 g/mol. The maximum atomic E-state index is 6.26. The molecule has 4 unspecified atom stereocenters. The van der Waals surface area contributed by atoms with Crippen molar-refractivity contribution in [3.8, 4) is 0 Å². The van der Waals surface area contributed by atoms with Gasteiger partial charge in [-0.25, -0.2) is 0 Å². The lowest BCUT2D eigenvalue weighted by Crippen LogP contribution is -2.37. The Morgan fingerprint density at radius 2 is 1.22 bits per heavy atom. The predicted octanol–water partition coefficient (Wildman–Crippen LogP) is 6.76. The fourth-order valence-electron chi connectivity index (χ4n) is 6.01. The molecule has 4 fully saturated rings. The minimum Gasteiger partial charge on any atom is -0.378 e. The summed E-state index contributed by atoms with van der Waals surface area (Å²) >= 11 is 2.46. The fraction of sp³-hybridized carbons (Fsp3) is 1.00. The summed E-state index contributed by atoms with van der Waals surface area (Å²) in [5.41, 5.74) is 0. The average molecular weight is 395 g/mol. The average Bonchev–Trinajstić information content (AvgIpc) is 3.45. The molecule has 0 aromatic rings. The monoisotopic (exact) mass is 394 g/mol. The summed E-state index contributed by atoms with van der Waals surface area (Å²) in [7, 11) is 0. The van der Waals surface area contributed by atoms with E-state index in [9.17, 15) is 0 Å². The lowest BCUT2D eigenvalue weighted by atomic mass is 9.88. The maximum absolute atomic E-state index is 6.26. The Bertz CT molecular complexity index is 417. The van der Waals surface area contributed by atoms with Gasteiger partial charge in [-0.2, -0.15) is 0 Å². The summed E-state index contributed by atoms with van der Waals surface area (Å²) in [6.45, 7) is 6.71. The second-order valence-corrected chi connectivity index (χ2v) is 11.7. The van der Waals surface area contributed by atoms with E-state index < -0.39 is 0 Å². The third kappa shape index (κ3) is 4.56. The van der Waals surface area contributed by atoms with Gasteiger partial charge in [0.25, 0.3) is 0 Å². The molecule has 0 bridgehead atoms. The van der Waals surface area contributed by atoms with Gasteiger partial charge in [-0.1, -0.05) is 39.5 Å². The van der Waals surface area contributed by atoms with Crippen molar-refractivity contribution in [2.75, 3.05) is 13.2 Å². The predicted molar refractivity (Wildman–Crippen MR) is 115 cm³/mol. The molecule has 2 heterocycles. The Morgan fingerprint density at radius 1 is 0.778 bits per heavy atom. The van der Waals surface area contributed by atoms with E-state index >= 15 is 0 Å². The molecule has 0 aromatic carbocycles. The van der Waals surface area contributed by atoms with E-state index in [1.54, 1.807) is 0 Å². The minimum absolute atomic E-state index is 0.545. The van der Waals surface area contributed by atoms with Crippen LogP contribution in [0.5, 0.6) is 0 Å². The van der Waals surface area contributed by atoms with Crippen LogP contribution >= 0.6 is 11.8 Å². The topological polar surface area (TPSA) is 18.5 Å². The Morgan fingerprint density at radius 3 is 1.52 bits per heavy atom. The van der Waals surface area contributed by atoms with E-state index in [1.165, 1.54) is 89.9 Å². The van der Waals surface area contributed by atoms with E-state index in [0.717, 1.165) is 25.0 Å². The Hall–Kier alpha value is 0.270. The van der Waals surface area contributed by atoms with Crippen molar-refractivity contribution in [2.24, 2.45) is 11.8 Å². The van der Waals surface area contributed by atoms with Gasteiger partial charge in [0.05, 0.1) is 12.2 Å². The van der Waals surface area contributed by atoms with Gasteiger partial charge in [0.1, 0.15) is 0 Å². The van der Waals surface area contributed by atoms with E-state index in [0.29, 0.717) is 21.7 Å². The van der Waals surface area contributed by atoms with Gasteiger partial charge >= 0.3 is 0 Å². The second-order valence-electron chi connectivity index (χ2n) is 9.83. The van der Waals surface area contributed by atoms with Crippen molar-refractivity contribution < 1.29 is 9.47 Å². The molecule has 4 rings (SSSR count). The van der Waals surface area contributed by atoms with Crippen molar-refractivity contribution in [1.29, 1.82) is 0 Å². The van der Waals surface area contributed by atoms with Crippen LogP contribution in [0.25, 0.3) is 0 Å². The number of rotatable bonds is 12. The highest BCUT2D eigenvalue weighted by Crippen LogP contribution is 2.69. The molecule has 4 aliphatic rings. The first kappa shape index (κ1) is 20.5. The molecule has 0 aromatic heterocycles. The van der Waals surface area contributed by atoms with Crippen LogP contribution in [0.15, 0.2) is 0 Å². The number of unbranched alkanes of at least 4 members (excludes halogenated alkanes) is 2. The Labute approximate surface area is 171 Å². The lowest BCUT2D eigenvalue weighted by molar-refractivity contribution is 0.0510. The van der Waals surface area contributed by atoms with Gasteiger partial charge in [-0.05, 0) is 76.0 Å².